The number of phenols is 1. The second kappa shape index (κ2) is 10.2. The summed E-state index contributed by atoms with van der Waals surface area (Å²) in [7, 11) is 1.54. The Kier molecular flexibility index (Phi) is 7.36. The van der Waals surface area contributed by atoms with Crippen molar-refractivity contribution in [3.8, 4) is 17.4 Å². The predicted molar refractivity (Wildman–Crippen MR) is 126 cm³/mol. The Morgan fingerprint density at radius 1 is 1.09 bits per heavy atom. The van der Waals surface area contributed by atoms with Crippen molar-refractivity contribution in [2.75, 3.05) is 19.0 Å². The fraction of sp³-hybridized carbons (Fsp3) is 0.308. The molecule has 1 amide bonds. The van der Waals surface area contributed by atoms with Crippen LogP contribution in [0.4, 0.5) is 5.69 Å². The molecule has 0 spiro atoms. The number of methoxy groups -OCH3 is 1. The van der Waals surface area contributed by atoms with E-state index in [0.29, 0.717) is 23.1 Å². The number of amides is 1. The summed E-state index contributed by atoms with van der Waals surface area (Å²) in [6.45, 7) is 8.13. The van der Waals surface area contributed by atoms with Crippen molar-refractivity contribution in [1.29, 1.82) is 0 Å². The molecule has 0 aliphatic carbocycles. The molecule has 1 heterocycles. The summed E-state index contributed by atoms with van der Waals surface area (Å²) in [4.78, 5) is 16.3. The average Bonchev–Trinajstić information content (AvgIpc) is 2.76. The van der Waals surface area contributed by atoms with Gasteiger partial charge in [0.1, 0.15) is 11.5 Å². The van der Waals surface area contributed by atoms with Gasteiger partial charge in [-0.05, 0) is 78.3 Å². The number of ether oxygens (including phenoxy) is 2. The van der Waals surface area contributed by atoms with Gasteiger partial charge in [-0.3, -0.25) is 4.79 Å². The number of hydrogen-bond donors (Lipinski definition) is 2. The highest BCUT2D eigenvalue weighted by molar-refractivity contribution is 5.91. The lowest BCUT2D eigenvalue weighted by molar-refractivity contribution is -0.118. The zero-order chi connectivity index (χ0) is 23.3. The molecule has 0 aliphatic heterocycles. The summed E-state index contributed by atoms with van der Waals surface area (Å²) in [6.07, 6.45) is 2.30. The highest BCUT2D eigenvalue weighted by Crippen LogP contribution is 2.29. The first-order valence-corrected chi connectivity index (χ1v) is 10.6. The molecule has 3 rings (SSSR count). The third kappa shape index (κ3) is 5.78. The van der Waals surface area contributed by atoms with Crippen LogP contribution in [0, 0.1) is 13.8 Å². The van der Waals surface area contributed by atoms with Gasteiger partial charge in [0.25, 0.3) is 5.91 Å². The number of rotatable bonds is 8. The van der Waals surface area contributed by atoms with Crippen molar-refractivity contribution in [2.24, 2.45) is 0 Å². The minimum atomic E-state index is -0.262. The van der Waals surface area contributed by atoms with Gasteiger partial charge in [-0.25, -0.2) is 4.98 Å². The Morgan fingerprint density at radius 3 is 2.41 bits per heavy atom. The topological polar surface area (TPSA) is 80.7 Å². The number of hydrogen-bond acceptors (Lipinski definition) is 5. The van der Waals surface area contributed by atoms with Gasteiger partial charge in [0.05, 0.1) is 19.0 Å². The van der Waals surface area contributed by atoms with Crippen LogP contribution in [0.3, 0.4) is 0 Å². The zero-order valence-electron chi connectivity index (χ0n) is 19.2. The van der Waals surface area contributed by atoms with Crippen LogP contribution in [0.5, 0.6) is 17.4 Å². The van der Waals surface area contributed by atoms with Crippen LogP contribution in [-0.4, -0.2) is 29.7 Å². The molecule has 0 fully saturated rings. The monoisotopic (exact) mass is 434 g/mol. The number of nitrogens with one attached hydrogen (secondary N) is 1. The Labute approximate surface area is 189 Å². The molecule has 6 heteroatoms. The molecule has 2 aromatic carbocycles. The SMILES string of the molecule is COc1ccc(NC(=O)COc2cc(C)c(Cc3ccc(O)c(C(C)C)c3)c(C)c2)cn1. The first kappa shape index (κ1) is 23.1. The van der Waals surface area contributed by atoms with Crippen molar-refractivity contribution < 1.29 is 19.4 Å². The summed E-state index contributed by atoms with van der Waals surface area (Å²) < 4.78 is 10.7. The molecular weight excluding hydrogens is 404 g/mol. The zero-order valence-corrected chi connectivity index (χ0v) is 19.2. The Morgan fingerprint density at radius 2 is 1.81 bits per heavy atom. The van der Waals surface area contributed by atoms with Crippen LogP contribution in [-0.2, 0) is 11.2 Å². The molecule has 3 aromatic rings. The molecule has 0 radical (unpaired) electrons. The molecule has 6 nitrogen and oxygen atoms in total. The third-order valence-electron chi connectivity index (χ3n) is 5.36. The second-order valence-electron chi connectivity index (χ2n) is 8.19. The smallest absolute Gasteiger partial charge is 0.262 e. The van der Waals surface area contributed by atoms with Crippen molar-refractivity contribution in [1.82, 2.24) is 4.98 Å². The normalized spacial score (nSPS) is 10.8. The van der Waals surface area contributed by atoms with E-state index in [1.165, 1.54) is 18.9 Å². The van der Waals surface area contributed by atoms with Crippen LogP contribution in [0.1, 0.15) is 47.6 Å². The van der Waals surface area contributed by atoms with E-state index in [9.17, 15) is 9.90 Å². The van der Waals surface area contributed by atoms with E-state index in [1.54, 1.807) is 18.2 Å². The first-order chi connectivity index (χ1) is 15.3. The quantitative estimate of drug-likeness (QED) is 0.513. The van der Waals surface area contributed by atoms with E-state index in [4.69, 9.17) is 9.47 Å². The standard InChI is InChI=1S/C26H30N2O4/c1-16(2)22-12-19(6-8-24(22)29)13-23-17(3)10-21(11-18(23)4)32-15-25(30)28-20-7-9-26(31-5)27-14-20/h6-12,14,16,29H,13,15H2,1-5H3,(H,28,30). The van der Waals surface area contributed by atoms with E-state index < -0.39 is 0 Å². The van der Waals surface area contributed by atoms with E-state index in [1.807, 2.05) is 32.0 Å². The molecule has 2 N–H and O–H groups in total. The van der Waals surface area contributed by atoms with Gasteiger partial charge in [-0.15, -0.1) is 0 Å². The van der Waals surface area contributed by atoms with Crippen LogP contribution >= 0.6 is 0 Å². The maximum absolute atomic E-state index is 12.2. The van der Waals surface area contributed by atoms with Crippen LogP contribution in [0.2, 0.25) is 0 Å². The van der Waals surface area contributed by atoms with Gasteiger partial charge in [0.2, 0.25) is 5.88 Å². The molecular formula is C26H30N2O4. The lowest BCUT2D eigenvalue weighted by Gasteiger charge is -2.15. The number of pyridine rings is 1. The van der Waals surface area contributed by atoms with Crippen molar-refractivity contribution >= 4 is 11.6 Å². The number of aromatic hydroxyl groups is 1. The van der Waals surface area contributed by atoms with E-state index >= 15 is 0 Å². The number of aryl methyl sites for hydroxylation is 2. The molecule has 0 saturated heterocycles. The number of carbonyl (C=O) groups excluding carboxylic acids is 1. The van der Waals surface area contributed by atoms with E-state index in [2.05, 4.69) is 30.2 Å². The highest BCUT2D eigenvalue weighted by Gasteiger charge is 2.12. The maximum atomic E-state index is 12.2. The lowest BCUT2D eigenvalue weighted by Crippen LogP contribution is -2.20. The molecule has 0 unspecified atom stereocenters. The minimum absolute atomic E-state index is 0.0973. The summed E-state index contributed by atoms with van der Waals surface area (Å²) >= 11 is 0. The Hall–Kier alpha value is -3.54. The number of phenolic OH excluding ortho intramolecular Hbond substituents is 1. The van der Waals surface area contributed by atoms with Gasteiger partial charge in [-0.2, -0.15) is 0 Å². The first-order valence-electron chi connectivity index (χ1n) is 10.6. The maximum Gasteiger partial charge on any atom is 0.262 e. The lowest BCUT2D eigenvalue weighted by atomic mass is 9.93. The summed E-state index contributed by atoms with van der Waals surface area (Å²) in [5, 5.41) is 12.8. The highest BCUT2D eigenvalue weighted by atomic mass is 16.5. The number of benzene rings is 2. The second-order valence-corrected chi connectivity index (χ2v) is 8.19. The summed E-state index contributed by atoms with van der Waals surface area (Å²) in [5.41, 5.74) is 6.09. The summed E-state index contributed by atoms with van der Waals surface area (Å²) in [5.74, 6) is 1.47. The largest absolute Gasteiger partial charge is 0.508 e. The van der Waals surface area contributed by atoms with Crippen LogP contribution in [0.25, 0.3) is 0 Å². The number of anilines is 1. The van der Waals surface area contributed by atoms with Crippen LogP contribution < -0.4 is 14.8 Å². The van der Waals surface area contributed by atoms with Gasteiger partial charge < -0.3 is 19.9 Å². The summed E-state index contributed by atoms with van der Waals surface area (Å²) in [6, 6.07) is 13.1. The van der Waals surface area contributed by atoms with Gasteiger partial charge >= 0.3 is 0 Å². The van der Waals surface area contributed by atoms with Gasteiger partial charge in [-0.1, -0.05) is 26.0 Å². The van der Waals surface area contributed by atoms with Gasteiger partial charge in [0, 0.05) is 6.07 Å². The molecule has 0 bridgehead atoms. The average molecular weight is 435 g/mol. The molecule has 168 valence electrons. The van der Waals surface area contributed by atoms with Crippen molar-refractivity contribution in [3.05, 3.63) is 76.5 Å². The number of nitrogens with zero attached hydrogens (tertiary/aromatic N) is 1. The minimum Gasteiger partial charge on any atom is -0.508 e. The molecule has 32 heavy (non-hydrogen) atoms. The predicted octanol–water partition coefficient (Wildman–Crippen LogP) is 5.14. The van der Waals surface area contributed by atoms with Crippen molar-refractivity contribution in [2.45, 2.75) is 40.0 Å². The van der Waals surface area contributed by atoms with E-state index in [-0.39, 0.29) is 18.4 Å². The van der Waals surface area contributed by atoms with Crippen LogP contribution in [0.15, 0.2) is 48.7 Å². The molecule has 0 saturated carbocycles. The van der Waals surface area contributed by atoms with Crippen molar-refractivity contribution in [3.63, 3.8) is 0 Å². The fourth-order valence-electron chi connectivity index (χ4n) is 3.62. The molecule has 0 atom stereocenters. The van der Waals surface area contributed by atoms with Gasteiger partial charge in [0.15, 0.2) is 6.61 Å². The number of carbonyl (C=O) groups is 1. The molecule has 1 aromatic heterocycles. The van der Waals surface area contributed by atoms with E-state index in [0.717, 1.165) is 28.7 Å². The molecule has 0 aliphatic rings. The number of aromatic nitrogens is 1. The Bertz CT molecular complexity index is 1070. The fourth-order valence-corrected chi connectivity index (χ4v) is 3.62. The Balaban J connectivity index is 1.65. The third-order valence-corrected chi connectivity index (χ3v) is 5.36.